The van der Waals surface area contributed by atoms with Crippen molar-refractivity contribution >= 4 is 15.9 Å². The van der Waals surface area contributed by atoms with E-state index in [-0.39, 0.29) is 24.0 Å². The first kappa shape index (κ1) is 15.4. The summed E-state index contributed by atoms with van der Waals surface area (Å²) in [7, 11) is -3.17. The van der Waals surface area contributed by atoms with Crippen LogP contribution in [0.1, 0.15) is 41.9 Å². The smallest absolute Gasteiger partial charge is 0.271 e. The molecule has 2 aliphatic heterocycles. The molecule has 2 bridgehead atoms. The Hall–Kier alpha value is -1.54. The lowest BCUT2D eigenvalue weighted by atomic mass is 9.99. The normalized spacial score (nSPS) is 28.5. The molecule has 8 heteroatoms. The number of aromatic nitrogens is 2. The summed E-state index contributed by atoms with van der Waals surface area (Å²) in [6.07, 6.45) is 7.35. The van der Waals surface area contributed by atoms with Crippen LogP contribution in [0.25, 0.3) is 0 Å². The number of amides is 1. The van der Waals surface area contributed by atoms with E-state index in [4.69, 9.17) is 0 Å². The molecule has 0 aromatic carbocycles. The molecule has 120 valence electrons. The van der Waals surface area contributed by atoms with E-state index in [0.717, 1.165) is 18.5 Å². The van der Waals surface area contributed by atoms with E-state index in [1.54, 1.807) is 10.5 Å². The molecule has 3 rings (SSSR count). The van der Waals surface area contributed by atoms with Crippen LogP contribution in [0.3, 0.4) is 0 Å². The van der Waals surface area contributed by atoms with Crippen LogP contribution in [0.15, 0.2) is 12.4 Å². The van der Waals surface area contributed by atoms with Gasteiger partial charge in [0.2, 0.25) is 10.0 Å². The Bertz CT molecular complexity index is 660. The number of nitrogens with zero attached hydrogens (tertiary/aromatic N) is 3. The van der Waals surface area contributed by atoms with Gasteiger partial charge in [-0.3, -0.25) is 9.78 Å². The zero-order valence-corrected chi connectivity index (χ0v) is 13.5. The third-order valence-electron chi connectivity index (χ3n) is 4.40. The van der Waals surface area contributed by atoms with E-state index in [9.17, 15) is 13.2 Å². The number of carbonyl (C=O) groups excluding carboxylic acids is 1. The van der Waals surface area contributed by atoms with Gasteiger partial charge in [0.05, 0.1) is 18.1 Å². The van der Waals surface area contributed by atoms with Crippen LogP contribution >= 0.6 is 0 Å². The molecular formula is C14H20N4O3S. The lowest BCUT2D eigenvalue weighted by Gasteiger charge is -2.37. The Morgan fingerprint density at radius 1 is 1.23 bits per heavy atom. The van der Waals surface area contributed by atoms with Crippen molar-refractivity contribution in [2.24, 2.45) is 0 Å². The Labute approximate surface area is 130 Å². The van der Waals surface area contributed by atoms with Crippen LogP contribution < -0.4 is 5.32 Å². The Morgan fingerprint density at radius 3 is 2.36 bits per heavy atom. The van der Waals surface area contributed by atoms with Gasteiger partial charge in [0.15, 0.2) is 0 Å². The minimum Gasteiger partial charge on any atom is -0.348 e. The first-order valence-corrected chi connectivity index (χ1v) is 9.27. The molecule has 1 N–H and O–H groups in total. The van der Waals surface area contributed by atoms with E-state index < -0.39 is 10.0 Å². The molecule has 1 aromatic rings. The lowest BCUT2D eigenvalue weighted by molar-refractivity contribution is 0.0904. The number of carbonyl (C=O) groups is 1. The highest BCUT2D eigenvalue weighted by Crippen LogP contribution is 2.37. The quantitative estimate of drug-likeness (QED) is 0.872. The van der Waals surface area contributed by atoms with Gasteiger partial charge in [-0.2, -0.15) is 4.31 Å². The molecule has 2 fully saturated rings. The number of rotatable bonds is 3. The molecular weight excluding hydrogens is 304 g/mol. The Balaban J connectivity index is 1.67. The van der Waals surface area contributed by atoms with Crippen LogP contribution in [0.2, 0.25) is 0 Å². The molecule has 0 radical (unpaired) electrons. The second kappa shape index (κ2) is 5.58. The van der Waals surface area contributed by atoms with Gasteiger partial charge in [0.1, 0.15) is 5.69 Å². The van der Waals surface area contributed by atoms with Crippen molar-refractivity contribution in [3.8, 4) is 0 Å². The molecule has 7 nitrogen and oxygen atoms in total. The van der Waals surface area contributed by atoms with Crippen LogP contribution in [0.5, 0.6) is 0 Å². The molecule has 2 saturated heterocycles. The van der Waals surface area contributed by atoms with Crippen molar-refractivity contribution in [2.45, 2.75) is 50.7 Å². The molecule has 0 saturated carbocycles. The number of nitrogens with one attached hydrogen (secondary N) is 1. The third-order valence-corrected chi connectivity index (χ3v) is 5.76. The van der Waals surface area contributed by atoms with E-state index >= 15 is 0 Å². The lowest BCUT2D eigenvalue weighted by Crippen LogP contribution is -2.52. The van der Waals surface area contributed by atoms with Crippen molar-refractivity contribution in [2.75, 3.05) is 6.26 Å². The van der Waals surface area contributed by atoms with E-state index in [1.165, 1.54) is 12.5 Å². The Morgan fingerprint density at radius 2 is 1.86 bits per heavy atom. The van der Waals surface area contributed by atoms with Crippen LogP contribution in [-0.4, -0.2) is 53.0 Å². The summed E-state index contributed by atoms with van der Waals surface area (Å²) in [4.78, 5) is 20.3. The largest absolute Gasteiger partial charge is 0.348 e. The van der Waals surface area contributed by atoms with Gasteiger partial charge in [-0.25, -0.2) is 13.4 Å². The molecule has 1 amide bonds. The van der Waals surface area contributed by atoms with Gasteiger partial charge in [0, 0.05) is 24.3 Å². The van der Waals surface area contributed by atoms with Gasteiger partial charge in [-0.15, -0.1) is 0 Å². The van der Waals surface area contributed by atoms with Gasteiger partial charge >= 0.3 is 0 Å². The second-order valence-electron chi connectivity index (χ2n) is 6.16. The molecule has 0 spiro atoms. The fourth-order valence-electron chi connectivity index (χ4n) is 3.56. The maximum Gasteiger partial charge on any atom is 0.271 e. The predicted molar refractivity (Wildman–Crippen MR) is 80.8 cm³/mol. The first-order chi connectivity index (χ1) is 10.3. The highest BCUT2D eigenvalue weighted by molar-refractivity contribution is 7.88. The third kappa shape index (κ3) is 2.98. The van der Waals surface area contributed by atoms with E-state index in [0.29, 0.717) is 18.5 Å². The van der Waals surface area contributed by atoms with Crippen LogP contribution in [0.4, 0.5) is 0 Å². The van der Waals surface area contributed by atoms with Crippen LogP contribution in [0, 0.1) is 6.92 Å². The summed E-state index contributed by atoms with van der Waals surface area (Å²) in [6.45, 7) is 1.81. The molecule has 2 atom stereocenters. The highest BCUT2D eigenvalue weighted by atomic mass is 32.2. The zero-order chi connectivity index (χ0) is 15.9. The molecule has 3 heterocycles. The number of aryl methyl sites for hydroxylation is 1. The minimum atomic E-state index is -3.17. The van der Waals surface area contributed by atoms with E-state index in [2.05, 4.69) is 15.3 Å². The van der Waals surface area contributed by atoms with Crippen molar-refractivity contribution in [3.63, 3.8) is 0 Å². The molecule has 22 heavy (non-hydrogen) atoms. The van der Waals surface area contributed by atoms with Gasteiger partial charge in [-0.05, 0) is 32.6 Å². The summed E-state index contributed by atoms with van der Waals surface area (Å²) in [5.74, 6) is -0.246. The molecule has 0 aliphatic carbocycles. The van der Waals surface area contributed by atoms with Gasteiger partial charge in [-0.1, -0.05) is 0 Å². The standard InChI is InChI=1S/C14H20N4O3S/c1-9-7-16-13(8-15-9)14(19)17-10-5-11-3-4-12(6-10)18(11)22(2,20)21/h7-8,10-12H,3-6H2,1-2H3,(H,17,19). The second-order valence-corrected chi connectivity index (χ2v) is 8.05. The number of hydrogen-bond acceptors (Lipinski definition) is 5. The summed E-state index contributed by atoms with van der Waals surface area (Å²) < 4.78 is 25.3. The fraction of sp³-hybridized carbons (Fsp3) is 0.643. The van der Waals surface area contributed by atoms with Crippen molar-refractivity contribution in [1.82, 2.24) is 19.6 Å². The average Bonchev–Trinajstić information content (AvgIpc) is 2.72. The van der Waals surface area contributed by atoms with Gasteiger partial charge < -0.3 is 5.32 Å². The number of hydrogen-bond donors (Lipinski definition) is 1. The van der Waals surface area contributed by atoms with Crippen LogP contribution in [-0.2, 0) is 10.0 Å². The number of sulfonamides is 1. The summed E-state index contributed by atoms with van der Waals surface area (Å²) in [5.41, 5.74) is 1.06. The zero-order valence-electron chi connectivity index (χ0n) is 12.7. The monoisotopic (exact) mass is 324 g/mol. The maximum absolute atomic E-state index is 12.2. The number of fused-ring (bicyclic) bond motifs is 2. The highest BCUT2D eigenvalue weighted by Gasteiger charge is 2.45. The summed E-state index contributed by atoms with van der Waals surface area (Å²) in [6, 6.07) is -0.00240. The van der Waals surface area contributed by atoms with E-state index in [1.807, 2.05) is 6.92 Å². The Kier molecular flexibility index (Phi) is 3.90. The topological polar surface area (TPSA) is 92.3 Å². The van der Waals surface area contributed by atoms with Crippen molar-refractivity contribution in [1.29, 1.82) is 0 Å². The summed E-state index contributed by atoms with van der Waals surface area (Å²) in [5, 5.41) is 2.96. The first-order valence-electron chi connectivity index (χ1n) is 7.42. The average molecular weight is 324 g/mol. The predicted octanol–water partition coefficient (Wildman–Crippen LogP) is 0.470. The molecule has 2 aliphatic rings. The SMILES string of the molecule is Cc1cnc(C(=O)NC2CC3CCC(C2)N3S(C)(=O)=O)cn1. The fourth-order valence-corrected chi connectivity index (χ4v) is 5.03. The number of piperidine rings is 1. The van der Waals surface area contributed by atoms with Crippen molar-refractivity contribution < 1.29 is 13.2 Å². The maximum atomic E-state index is 12.2. The molecule has 2 unspecified atom stereocenters. The van der Waals surface area contributed by atoms with Crippen molar-refractivity contribution in [3.05, 3.63) is 23.8 Å². The molecule has 1 aromatic heterocycles. The minimum absolute atomic E-state index is 0.00292. The van der Waals surface area contributed by atoms with Gasteiger partial charge in [0.25, 0.3) is 5.91 Å². The summed E-state index contributed by atoms with van der Waals surface area (Å²) >= 11 is 0.